The zero-order valence-corrected chi connectivity index (χ0v) is 11.9. The van der Waals surface area contributed by atoms with Gasteiger partial charge in [-0.3, -0.25) is 4.72 Å². The molecule has 2 aromatic carbocycles. The van der Waals surface area contributed by atoms with Gasteiger partial charge in [-0.1, -0.05) is 12.1 Å². The summed E-state index contributed by atoms with van der Waals surface area (Å²) in [7, 11) is -3.96. The molecule has 7 heteroatoms. The van der Waals surface area contributed by atoms with Crippen molar-refractivity contribution in [1.82, 2.24) is 0 Å². The number of nitrogens with one attached hydrogen (secondary N) is 1. The van der Waals surface area contributed by atoms with Crippen LogP contribution in [-0.2, 0) is 10.0 Å². The highest BCUT2D eigenvalue weighted by Crippen LogP contribution is 2.24. The molecule has 3 N–H and O–H groups in total. The average Bonchev–Trinajstić information content (AvgIpc) is 2.41. The van der Waals surface area contributed by atoms with Crippen molar-refractivity contribution in [2.75, 3.05) is 10.5 Å². The standard InChI is InChI=1S/C14H12FN3O2S/c1-9-5-6-10(17)7-14(9)21(19,20)18-13-4-2-3-12(15)11(13)8-16/h2-7,18H,17H2,1H3. The van der Waals surface area contributed by atoms with E-state index in [1.807, 2.05) is 0 Å². The molecular formula is C14H12FN3O2S. The van der Waals surface area contributed by atoms with Crippen LogP contribution < -0.4 is 10.5 Å². The molecule has 21 heavy (non-hydrogen) atoms. The fourth-order valence-corrected chi connectivity index (χ4v) is 3.18. The minimum Gasteiger partial charge on any atom is -0.399 e. The molecule has 0 heterocycles. The number of nitrogens with two attached hydrogens (primary N) is 1. The number of sulfonamides is 1. The Bertz CT molecular complexity index is 842. The third kappa shape index (κ3) is 2.95. The van der Waals surface area contributed by atoms with E-state index < -0.39 is 15.8 Å². The van der Waals surface area contributed by atoms with Crippen molar-refractivity contribution in [3.8, 4) is 6.07 Å². The zero-order chi connectivity index (χ0) is 15.6. The lowest BCUT2D eigenvalue weighted by Gasteiger charge is -2.12. The molecule has 0 aliphatic heterocycles. The minimum atomic E-state index is -3.96. The lowest BCUT2D eigenvalue weighted by molar-refractivity contribution is 0.600. The van der Waals surface area contributed by atoms with Gasteiger partial charge in [0.05, 0.1) is 10.6 Å². The Kier molecular flexibility index (Phi) is 3.82. The lowest BCUT2D eigenvalue weighted by Crippen LogP contribution is -2.15. The van der Waals surface area contributed by atoms with Crippen LogP contribution in [0.1, 0.15) is 11.1 Å². The third-order valence-corrected chi connectivity index (χ3v) is 4.38. The lowest BCUT2D eigenvalue weighted by atomic mass is 10.2. The van der Waals surface area contributed by atoms with E-state index in [4.69, 9.17) is 11.0 Å². The monoisotopic (exact) mass is 305 g/mol. The summed E-state index contributed by atoms with van der Waals surface area (Å²) >= 11 is 0. The Morgan fingerprint density at radius 2 is 2.00 bits per heavy atom. The van der Waals surface area contributed by atoms with Crippen molar-refractivity contribution in [2.45, 2.75) is 11.8 Å². The molecular weight excluding hydrogens is 293 g/mol. The van der Waals surface area contributed by atoms with Crippen LogP contribution >= 0.6 is 0 Å². The average molecular weight is 305 g/mol. The Morgan fingerprint density at radius 3 is 2.67 bits per heavy atom. The number of anilines is 2. The molecule has 0 aliphatic carbocycles. The van der Waals surface area contributed by atoms with Crippen LogP contribution in [0, 0.1) is 24.1 Å². The van der Waals surface area contributed by atoms with Crippen LogP contribution in [0.5, 0.6) is 0 Å². The van der Waals surface area contributed by atoms with Gasteiger partial charge in [0.25, 0.3) is 10.0 Å². The Labute approximate surface area is 121 Å². The maximum absolute atomic E-state index is 13.5. The molecule has 2 aromatic rings. The van der Waals surface area contributed by atoms with Gasteiger partial charge in [-0.05, 0) is 36.8 Å². The predicted octanol–water partition coefficient (Wildman–Crippen LogP) is 2.39. The third-order valence-electron chi connectivity index (χ3n) is 2.87. The van der Waals surface area contributed by atoms with Crippen LogP contribution in [0.2, 0.25) is 0 Å². The second kappa shape index (κ2) is 5.42. The molecule has 0 radical (unpaired) electrons. The fraction of sp³-hybridized carbons (Fsp3) is 0.0714. The summed E-state index contributed by atoms with van der Waals surface area (Å²) in [5, 5.41) is 8.92. The van der Waals surface area contributed by atoms with Crippen LogP contribution in [0.3, 0.4) is 0 Å². The van der Waals surface area contributed by atoms with Gasteiger partial charge in [-0.15, -0.1) is 0 Å². The first-order valence-corrected chi connectivity index (χ1v) is 7.41. The molecule has 0 atom stereocenters. The number of rotatable bonds is 3. The number of halogens is 1. The van der Waals surface area contributed by atoms with Crippen LogP contribution in [-0.4, -0.2) is 8.42 Å². The number of hydrogen-bond acceptors (Lipinski definition) is 4. The highest BCUT2D eigenvalue weighted by molar-refractivity contribution is 7.92. The van der Waals surface area contributed by atoms with E-state index in [1.54, 1.807) is 25.1 Å². The molecule has 5 nitrogen and oxygen atoms in total. The number of benzene rings is 2. The first kappa shape index (κ1) is 14.8. The summed E-state index contributed by atoms with van der Waals surface area (Å²) in [4.78, 5) is -0.0179. The smallest absolute Gasteiger partial charge is 0.262 e. The SMILES string of the molecule is Cc1ccc(N)cc1S(=O)(=O)Nc1cccc(F)c1C#N. The maximum atomic E-state index is 13.5. The first-order valence-electron chi connectivity index (χ1n) is 5.92. The summed E-state index contributed by atoms with van der Waals surface area (Å²) in [6, 6.07) is 9.82. The molecule has 0 saturated heterocycles. The van der Waals surface area contributed by atoms with E-state index in [0.29, 0.717) is 11.3 Å². The van der Waals surface area contributed by atoms with Gasteiger partial charge in [-0.2, -0.15) is 5.26 Å². The van der Waals surface area contributed by atoms with E-state index in [1.165, 1.54) is 18.2 Å². The molecule has 2 rings (SSSR count). The fourth-order valence-electron chi connectivity index (χ4n) is 1.83. The van der Waals surface area contributed by atoms with Crippen LogP contribution in [0.15, 0.2) is 41.3 Å². The molecule has 0 bridgehead atoms. The minimum absolute atomic E-state index is 0.0179. The maximum Gasteiger partial charge on any atom is 0.262 e. The van der Waals surface area contributed by atoms with Gasteiger partial charge >= 0.3 is 0 Å². The molecule has 0 spiro atoms. The Morgan fingerprint density at radius 1 is 1.29 bits per heavy atom. The highest BCUT2D eigenvalue weighted by atomic mass is 32.2. The van der Waals surface area contributed by atoms with Gasteiger partial charge in [-0.25, -0.2) is 12.8 Å². The molecule has 0 saturated carbocycles. The highest BCUT2D eigenvalue weighted by Gasteiger charge is 2.20. The zero-order valence-electron chi connectivity index (χ0n) is 11.1. The summed E-state index contributed by atoms with van der Waals surface area (Å²) in [5.41, 5.74) is 5.91. The van der Waals surface area contributed by atoms with Crippen molar-refractivity contribution in [3.05, 3.63) is 53.3 Å². The largest absolute Gasteiger partial charge is 0.399 e. The van der Waals surface area contributed by atoms with E-state index in [-0.39, 0.29) is 16.1 Å². The number of nitrogen functional groups attached to an aromatic ring is 1. The van der Waals surface area contributed by atoms with Crippen molar-refractivity contribution in [1.29, 1.82) is 5.26 Å². The molecule has 108 valence electrons. The van der Waals surface area contributed by atoms with E-state index in [9.17, 15) is 12.8 Å². The first-order chi connectivity index (χ1) is 9.85. The van der Waals surface area contributed by atoms with Crippen molar-refractivity contribution >= 4 is 21.4 Å². The normalized spacial score (nSPS) is 10.9. The van der Waals surface area contributed by atoms with Crippen LogP contribution in [0.25, 0.3) is 0 Å². The molecule has 0 aromatic heterocycles. The van der Waals surface area contributed by atoms with Gasteiger partial charge < -0.3 is 5.73 Å². The summed E-state index contributed by atoms with van der Waals surface area (Å²) in [6.07, 6.45) is 0. The van der Waals surface area contributed by atoms with Crippen molar-refractivity contribution in [2.24, 2.45) is 0 Å². The second-order valence-electron chi connectivity index (χ2n) is 4.40. The molecule has 0 aliphatic rings. The number of nitriles is 1. The molecule has 0 amide bonds. The molecule has 0 fully saturated rings. The van der Waals surface area contributed by atoms with Crippen molar-refractivity contribution < 1.29 is 12.8 Å². The number of hydrogen-bond donors (Lipinski definition) is 2. The molecule has 0 unspecified atom stereocenters. The van der Waals surface area contributed by atoms with Crippen molar-refractivity contribution in [3.63, 3.8) is 0 Å². The quantitative estimate of drug-likeness (QED) is 0.851. The van der Waals surface area contributed by atoms with Crippen LogP contribution in [0.4, 0.5) is 15.8 Å². The van der Waals surface area contributed by atoms with E-state index >= 15 is 0 Å². The Hall–Kier alpha value is -2.59. The van der Waals surface area contributed by atoms with E-state index in [2.05, 4.69) is 4.72 Å². The van der Waals surface area contributed by atoms with Gasteiger partial charge in [0.2, 0.25) is 0 Å². The predicted molar refractivity (Wildman–Crippen MR) is 77.5 cm³/mol. The van der Waals surface area contributed by atoms with Gasteiger partial charge in [0.15, 0.2) is 0 Å². The second-order valence-corrected chi connectivity index (χ2v) is 6.06. The van der Waals surface area contributed by atoms with Gasteiger partial charge in [0.1, 0.15) is 17.4 Å². The van der Waals surface area contributed by atoms with Gasteiger partial charge in [0, 0.05) is 5.69 Å². The summed E-state index contributed by atoms with van der Waals surface area (Å²) < 4.78 is 40.4. The summed E-state index contributed by atoms with van der Waals surface area (Å²) in [6.45, 7) is 1.62. The number of nitrogens with zero attached hydrogens (tertiary/aromatic N) is 1. The Balaban J connectivity index is 2.51. The van der Waals surface area contributed by atoms with E-state index in [0.717, 1.165) is 6.07 Å². The number of aryl methyl sites for hydroxylation is 1. The summed E-state index contributed by atoms with van der Waals surface area (Å²) in [5.74, 6) is -0.790. The topological polar surface area (TPSA) is 96.0 Å².